The van der Waals surface area contributed by atoms with Gasteiger partial charge in [-0.1, -0.05) is 31.9 Å². The molecule has 1 aliphatic rings. The molecule has 0 bridgehead atoms. The molecule has 1 aromatic carbocycles. The third kappa shape index (κ3) is 3.70. The van der Waals surface area contributed by atoms with Crippen LogP contribution < -0.4 is 0 Å². The van der Waals surface area contributed by atoms with Crippen molar-refractivity contribution in [3.05, 3.63) is 29.8 Å². The predicted octanol–water partition coefficient (Wildman–Crippen LogP) is 4.28. The summed E-state index contributed by atoms with van der Waals surface area (Å²) in [6, 6.07) is 10.1. The van der Waals surface area contributed by atoms with Crippen molar-refractivity contribution in [3.8, 4) is 6.07 Å². The first-order chi connectivity index (χ1) is 8.78. The van der Waals surface area contributed by atoms with E-state index in [4.69, 9.17) is 5.26 Å². The largest absolute Gasteiger partial charge is 0.261 e. The molecule has 2 atom stereocenters. The summed E-state index contributed by atoms with van der Waals surface area (Å²) >= 11 is 0. The Labute approximate surface area is 109 Å². The van der Waals surface area contributed by atoms with Gasteiger partial charge in [0.25, 0.3) is 0 Å². The van der Waals surface area contributed by atoms with E-state index in [1.807, 2.05) is 24.3 Å². The van der Waals surface area contributed by atoms with Crippen molar-refractivity contribution in [2.75, 3.05) is 0 Å². The van der Waals surface area contributed by atoms with Gasteiger partial charge in [0.2, 0.25) is 0 Å². The molecule has 1 fully saturated rings. The molecule has 0 saturated heterocycles. The Morgan fingerprint density at radius 1 is 1.33 bits per heavy atom. The van der Waals surface area contributed by atoms with E-state index in [1.54, 1.807) is 0 Å². The number of rotatable bonds is 3. The number of nitriles is 1. The van der Waals surface area contributed by atoms with Crippen LogP contribution >= 0.6 is 0 Å². The van der Waals surface area contributed by atoms with Crippen molar-refractivity contribution in [3.63, 3.8) is 0 Å². The van der Waals surface area contributed by atoms with Gasteiger partial charge in [0.05, 0.1) is 18.2 Å². The monoisotopic (exact) mass is 240 g/mol. The average Bonchev–Trinajstić information content (AvgIpc) is 2.38. The van der Waals surface area contributed by atoms with Crippen LogP contribution in [0.15, 0.2) is 29.3 Å². The Morgan fingerprint density at radius 2 is 2.11 bits per heavy atom. The average molecular weight is 240 g/mol. The van der Waals surface area contributed by atoms with Crippen LogP contribution in [0.25, 0.3) is 0 Å². The topological polar surface area (TPSA) is 36.1 Å². The van der Waals surface area contributed by atoms with Gasteiger partial charge >= 0.3 is 0 Å². The predicted molar refractivity (Wildman–Crippen MR) is 75.0 cm³/mol. The zero-order valence-corrected chi connectivity index (χ0v) is 11.0. The van der Waals surface area contributed by atoms with Crippen molar-refractivity contribution in [1.29, 1.82) is 5.26 Å². The molecule has 0 radical (unpaired) electrons. The van der Waals surface area contributed by atoms with Crippen molar-refractivity contribution in [1.82, 2.24) is 0 Å². The highest BCUT2D eigenvalue weighted by molar-refractivity contribution is 5.66. The van der Waals surface area contributed by atoms with Crippen molar-refractivity contribution in [2.45, 2.75) is 39.0 Å². The van der Waals surface area contributed by atoms with E-state index in [1.165, 1.54) is 25.7 Å². The van der Waals surface area contributed by atoms with E-state index in [0.29, 0.717) is 12.3 Å². The molecule has 2 heteroatoms. The Hall–Kier alpha value is -1.62. The first-order valence-electron chi connectivity index (χ1n) is 6.78. The van der Waals surface area contributed by atoms with E-state index in [9.17, 15) is 0 Å². The maximum atomic E-state index is 8.61. The fourth-order valence-electron chi connectivity index (χ4n) is 2.60. The summed E-state index contributed by atoms with van der Waals surface area (Å²) in [7, 11) is 0. The SMILES string of the molecule is CC1CCCC(C=Nc2ccc(CC#N)cc2)C1. The Balaban J connectivity index is 1.94. The second-order valence-electron chi connectivity index (χ2n) is 5.31. The van der Waals surface area contributed by atoms with Crippen LogP contribution in [0, 0.1) is 23.2 Å². The van der Waals surface area contributed by atoms with Crippen LogP contribution in [0.1, 0.15) is 38.2 Å². The molecule has 1 aliphatic carbocycles. The zero-order chi connectivity index (χ0) is 12.8. The lowest BCUT2D eigenvalue weighted by Crippen LogP contribution is -2.13. The first-order valence-corrected chi connectivity index (χ1v) is 6.78. The molecule has 0 heterocycles. The summed E-state index contributed by atoms with van der Waals surface area (Å²) in [5.74, 6) is 1.49. The molecule has 0 N–H and O–H groups in total. The lowest BCUT2D eigenvalue weighted by molar-refractivity contribution is 0.343. The molecular weight excluding hydrogens is 220 g/mol. The summed E-state index contributed by atoms with van der Waals surface area (Å²) in [5, 5.41) is 8.61. The molecule has 94 valence electrons. The standard InChI is InChI=1S/C16H20N2/c1-13-3-2-4-15(11-13)12-18-16-7-5-14(6-8-16)9-10-17/h5-8,12-13,15H,2-4,9,11H2,1H3. The minimum atomic E-state index is 0.476. The van der Waals surface area contributed by atoms with Crippen LogP contribution in [0.2, 0.25) is 0 Å². The second kappa shape index (κ2) is 6.35. The zero-order valence-electron chi connectivity index (χ0n) is 11.0. The summed E-state index contributed by atoms with van der Waals surface area (Å²) in [5.41, 5.74) is 2.05. The Morgan fingerprint density at radius 3 is 2.78 bits per heavy atom. The summed E-state index contributed by atoms with van der Waals surface area (Å²) in [4.78, 5) is 4.56. The maximum absolute atomic E-state index is 8.61. The van der Waals surface area contributed by atoms with E-state index in [0.717, 1.165) is 17.2 Å². The lowest BCUT2D eigenvalue weighted by atomic mass is 9.83. The van der Waals surface area contributed by atoms with Gasteiger partial charge in [0.1, 0.15) is 0 Å². The lowest BCUT2D eigenvalue weighted by Gasteiger charge is -2.23. The molecule has 2 unspecified atom stereocenters. The fraction of sp³-hybridized carbons (Fsp3) is 0.500. The normalized spacial score (nSPS) is 24.0. The number of nitrogens with zero attached hydrogens (tertiary/aromatic N) is 2. The van der Waals surface area contributed by atoms with Crippen LogP contribution in [0.3, 0.4) is 0 Å². The number of hydrogen-bond donors (Lipinski definition) is 0. The minimum Gasteiger partial charge on any atom is -0.261 e. The van der Waals surface area contributed by atoms with E-state index in [-0.39, 0.29) is 0 Å². The first kappa shape index (κ1) is 12.8. The van der Waals surface area contributed by atoms with Crippen molar-refractivity contribution < 1.29 is 0 Å². The Kier molecular flexibility index (Phi) is 4.52. The molecule has 2 rings (SSSR count). The molecular formula is C16H20N2. The third-order valence-electron chi connectivity index (χ3n) is 3.63. The fourth-order valence-corrected chi connectivity index (χ4v) is 2.60. The van der Waals surface area contributed by atoms with Gasteiger partial charge in [-0.3, -0.25) is 4.99 Å². The molecule has 1 saturated carbocycles. The smallest absolute Gasteiger partial charge is 0.0669 e. The molecule has 0 aromatic heterocycles. The van der Waals surface area contributed by atoms with Gasteiger partial charge in [-0.25, -0.2) is 0 Å². The summed E-state index contributed by atoms with van der Waals surface area (Å²) in [6.07, 6.45) is 7.85. The van der Waals surface area contributed by atoms with E-state index in [2.05, 4.69) is 24.2 Å². The highest BCUT2D eigenvalue weighted by atomic mass is 14.7. The van der Waals surface area contributed by atoms with Crippen LogP contribution in [0.5, 0.6) is 0 Å². The number of hydrogen-bond acceptors (Lipinski definition) is 2. The van der Waals surface area contributed by atoms with E-state index < -0.39 is 0 Å². The molecule has 0 amide bonds. The van der Waals surface area contributed by atoms with Gasteiger partial charge in [-0.15, -0.1) is 0 Å². The minimum absolute atomic E-state index is 0.476. The van der Waals surface area contributed by atoms with Gasteiger partial charge < -0.3 is 0 Å². The number of aliphatic imine (C=N–C) groups is 1. The molecule has 1 aromatic rings. The number of benzene rings is 1. The van der Waals surface area contributed by atoms with Gasteiger partial charge in [0.15, 0.2) is 0 Å². The molecule has 0 spiro atoms. The quantitative estimate of drug-likeness (QED) is 0.726. The second-order valence-corrected chi connectivity index (χ2v) is 5.31. The molecule has 2 nitrogen and oxygen atoms in total. The van der Waals surface area contributed by atoms with Gasteiger partial charge in [-0.05, 0) is 42.4 Å². The van der Waals surface area contributed by atoms with Crippen molar-refractivity contribution in [2.24, 2.45) is 16.8 Å². The van der Waals surface area contributed by atoms with Crippen molar-refractivity contribution >= 4 is 11.9 Å². The van der Waals surface area contributed by atoms with Gasteiger partial charge in [-0.2, -0.15) is 5.26 Å². The van der Waals surface area contributed by atoms with Crippen LogP contribution in [-0.2, 0) is 6.42 Å². The molecule has 18 heavy (non-hydrogen) atoms. The van der Waals surface area contributed by atoms with Crippen LogP contribution in [0.4, 0.5) is 5.69 Å². The van der Waals surface area contributed by atoms with Crippen LogP contribution in [-0.4, -0.2) is 6.21 Å². The highest BCUT2D eigenvalue weighted by Gasteiger charge is 2.16. The third-order valence-corrected chi connectivity index (χ3v) is 3.63. The molecule has 0 aliphatic heterocycles. The summed E-state index contributed by atoms with van der Waals surface area (Å²) in [6.45, 7) is 2.33. The van der Waals surface area contributed by atoms with E-state index >= 15 is 0 Å². The van der Waals surface area contributed by atoms with Gasteiger partial charge in [0, 0.05) is 6.21 Å². The summed E-state index contributed by atoms with van der Waals surface area (Å²) < 4.78 is 0. The maximum Gasteiger partial charge on any atom is 0.0669 e. The highest BCUT2D eigenvalue weighted by Crippen LogP contribution is 2.27. The Bertz CT molecular complexity index is 439.